The number of benzene rings is 7. The van der Waals surface area contributed by atoms with E-state index in [0.717, 1.165) is 48.1 Å². The number of nitrogens with zero attached hydrogens (tertiary/aromatic N) is 4. The number of aromatic nitrogens is 1. The van der Waals surface area contributed by atoms with Gasteiger partial charge in [0.1, 0.15) is 0 Å². The van der Waals surface area contributed by atoms with Crippen LogP contribution in [0, 0.1) is 6.92 Å². The summed E-state index contributed by atoms with van der Waals surface area (Å²) in [4.78, 5) is 15.0. The van der Waals surface area contributed by atoms with E-state index in [-0.39, 0.29) is 0 Å². The Morgan fingerprint density at radius 3 is 2.31 bits per heavy atom. The summed E-state index contributed by atoms with van der Waals surface area (Å²) in [6, 6.07) is 54.5. The predicted molar refractivity (Wildman–Crippen MR) is 310 cm³/mol. The SMILES string of the molecule is C=C.C=C/C=C\c1c(CC(/C=C\C)=C/Cc2cccc3c2sc2ccccc23)n(-c2cccc(C(N=C)=NC(=NCc3ccc4c(c3)Cc3ccccc3-4)c3ccccc3)c2)c2cc(CCC)c(C)cc12. The first-order valence-corrected chi connectivity index (χ1v) is 25.4. The molecule has 350 valence electrons. The highest BCUT2D eigenvalue weighted by atomic mass is 32.1. The van der Waals surface area contributed by atoms with E-state index in [9.17, 15) is 0 Å². The molecule has 0 unspecified atom stereocenters. The lowest BCUT2D eigenvalue weighted by Crippen LogP contribution is -2.08. The van der Waals surface area contributed by atoms with Crippen LogP contribution in [0.1, 0.15) is 76.0 Å². The molecule has 0 aliphatic heterocycles. The normalized spacial score (nSPS) is 12.7. The maximum atomic E-state index is 5.22. The van der Waals surface area contributed by atoms with Crippen LogP contribution in [0.4, 0.5) is 0 Å². The Morgan fingerprint density at radius 2 is 1.49 bits per heavy atom. The third-order valence-electron chi connectivity index (χ3n) is 13.3. The Hall–Kier alpha value is -7.99. The fraction of sp³-hybridized carbons (Fsp3) is 0.136. The number of allylic oxidation sites excluding steroid dienone is 6. The Labute approximate surface area is 423 Å². The maximum Gasteiger partial charge on any atom is 0.161 e. The molecule has 1 aliphatic rings. The largest absolute Gasteiger partial charge is 0.313 e. The highest BCUT2D eigenvalue weighted by molar-refractivity contribution is 7.26. The molecule has 0 N–H and O–H groups in total. The number of hydrogen-bond acceptors (Lipinski definition) is 2. The molecule has 0 fully saturated rings. The molecule has 9 aromatic rings. The molecule has 4 nitrogen and oxygen atoms in total. The van der Waals surface area contributed by atoms with Crippen molar-refractivity contribution in [1.29, 1.82) is 0 Å². The number of hydrogen-bond donors (Lipinski definition) is 0. The van der Waals surface area contributed by atoms with Crippen LogP contribution in [0.5, 0.6) is 0 Å². The third-order valence-corrected chi connectivity index (χ3v) is 14.6. The second-order valence-corrected chi connectivity index (χ2v) is 18.9. The maximum absolute atomic E-state index is 5.22. The molecule has 0 saturated heterocycles. The summed E-state index contributed by atoms with van der Waals surface area (Å²) in [6.07, 6.45) is 17.6. The molecule has 71 heavy (non-hydrogen) atoms. The van der Waals surface area contributed by atoms with Crippen molar-refractivity contribution >= 4 is 66.9 Å². The van der Waals surface area contributed by atoms with Gasteiger partial charge in [-0.25, -0.2) is 9.98 Å². The fourth-order valence-corrected chi connectivity index (χ4v) is 11.3. The zero-order valence-electron chi connectivity index (χ0n) is 41.2. The van der Waals surface area contributed by atoms with Crippen molar-refractivity contribution in [2.75, 3.05) is 0 Å². The van der Waals surface area contributed by atoms with Gasteiger partial charge in [0.2, 0.25) is 0 Å². The number of rotatable bonds is 14. The van der Waals surface area contributed by atoms with Crippen molar-refractivity contribution < 1.29 is 0 Å². The molecule has 7 aromatic carbocycles. The summed E-state index contributed by atoms with van der Waals surface area (Å²) in [6.45, 7) is 21.3. The second kappa shape index (κ2) is 22.2. The van der Waals surface area contributed by atoms with Gasteiger partial charge < -0.3 is 4.57 Å². The van der Waals surface area contributed by atoms with Gasteiger partial charge in [-0.1, -0.05) is 178 Å². The van der Waals surface area contributed by atoms with E-state index in [4.69, 9.17) is 9.98 Å². The quantitative estimate of drug-likeness (QED) is 0.0451. The van der Waals surface area contributed by atoms with Crippen LogP contribution >= 0.6 is 11.3 Å². The van der Waals surface area contributed by atoms with Crippen LogP contribution in [0.3, 0.4) is 0 Å². The minimum Gasteiger partial charge on any atom is -0.313 e. The van der Waals surface area contributed by atoms with E-state index in [1.165, 1.54) is 86.8 Å². The number of thiophene rings is 1. The molecular weight excluding hydrogens is 881 g/mol. The van der Waals surface area contributed by atoms with Crippen molar-refractivity contribution in [2.24, 2.45) is 15.0 Å². The third kappa shape index (κ3) is 10.1. The number of aryl methyl sites for hydroxylation is 2. The van der Waals surface area contributed by atoms with Gasteiger partial charge >= 0.3 is 0 Å². The molecule has 2 heterocycles. The molecule has 0 spiro atoms. The van der Waals surface area contributed by atoms with Crippen LogP contribution in [-0.2, 0) is 32.2 Å². The highest BCUT2D eigenvalue weighted by Crippen LogP contribution is 2.39. The second-order valence-electron chi connectivity index (χ2n) is 17.9. The molecule has 0 amide bonds. The standard InChI is InChI=1S/C64H56N4S.C2H4/c1-6-9-27-55-58-36-43(4)48(20-8-3)41-60(58)68(59(55)38-44(19-7-2)32-34-46-24-18-30-57-56-29-15-16-31-61(56)69-62(46)57)52-26-17-25-50(40-52)63(65-5)67-64(47-21-11-10-12-22-47)66-42-45-33-35-54-51(37-45)39-49-23-13-14-28-53(49)54;1-2/h6-7,9-19,21-33,35-37,40-41H,1,5,8,20,34,38-39,42H2,2-4H3;1-2H2/b19-7-,27-9-,44-32+,66-64?,67-63?;. The fourth-order valence-electron chi connectivity index (χ4n) is 10.1. The van der Waals surface area contributed by atoms with Gasteiger partial charge in [-0.05, 0) is 120 Å². The first-order valence-electron chi connectivity index (χ1n) is 24.6. The monoisotopic (exact) mass is 940 g/mol. The van der Waals surface area contributed by atoms with Crippen molar-refractivity contribution in [1.82, 2.24) is 4.57 Å². The summed E-state index contributed by atoms with van der Waals surface area (Å²) in [5.74, 6) is 1.13. The zero-order chi connectivity index (χ0) is 49.3. The van der Waals surface area contributed by atoms with Gasteiger partial charge in [0, 0.05) is 60.1 Å². The van der Waals surface area contributed by atoms with Crippen molar-refractivity contribution in [3.05, 3.63) is 263 Å². The average Bonchev–Trinajstić information content (AvgIpc) is 4.07. The minimum absolute atomic E-state index is 0.488. The lowest BCUT2D eigenvalue weighted by atomic mass is 9.98. The van der Waals surface area contributed by atoms with E-state index in [1.54, 1.807) is 0 Å². The Kier molecular flexibility index (Phi) is 15.0. The Morgan fingerprint density at radius 1 is 0.732 bits per heavy atom. The minimum atomic E-state index is 0.488. The summed E-state index contributed by atoms with van der Waals surface area (Å²) < 4.78 is 5.15. The van der Waals surface area contributed by atoms with Gasteiger partial charge in [0.25, 0.3) is 0 Å². The van der Waals surface area contributed by atoms with Gasteiger partial charge in [-0.15, -0.1) is 24.5 Å². The molecule has 5 heteroatoms. The van der Waals surface area contributed by atoms with E-state index in [2.05, 4.69) is 221 Å². The molecule has 0 saturated carbocycles. The number of amidine groups is 2. The average molecular weight is 941 g/mol. The summed E-state index contributed by atoms with van der Waals surface area (Å²) in [7, 11) is 0. The Balaban J connectivity index is 0.00000308. The van der Waals surface area contributed by atoms with Gasteiger partial charge in [-0.3, -0.25) is 4.99 Å². The van der Waals surface area contributed by atoms with E-state index in [1.807, 2.05) is 35.6 Å². The van der Waals surface area contributed by atoms with Crippen LogP contribution in [0.2, 0.25) is 0 Å². The Bertz CT molecular complexity index is 3590. The van der Waals surface area contributed by atoms with Crippen molar-refractivity contribution in [3.63, 3.8) is 0 Å². The summed E-state index contributed by atoms with van der Waals surface area (Å²) >= 11 is 1.89. The van der Waals surface area contributed by atoms with Crippen molar-refractivity contribution in [3.8, 4) is 16.8 Å². The molecule has 0 radical (unpaired) electrons. The number of aliphatic imine (C=N–C) groups is 3. The summed E-state index contributed by atoms with van der Waals surface area (Å²) in [5, 5.41) is 3.87. The lowest BCUT2D eigenvalue weighted by Gasteiger charge is -2.15. The van der Waals surface area contributed by atoms with Gasteiger partial charge in [0.05, 0.1) is 12.1 Å². The van der Waals surface area contributed by atoms with Crippen LogP contribution in [0.15, 0.2) is 222 Å². The van der Waals surface area contributed by atoms with Crippen LogP contribution < -0.4 is 0 Å². The zero-order valence-corrected chi connectivity index (χ0v) is 42.0. The van der Waals surface area contributed by atoms with Crippen LogP contribution in [0.25, 0.3) is 54.0 Å². The topological polar surface area (TPSA) is 42.0 Å². The van der Waals surface area contributed by atoms with Crippen LogP contribution in [-0.4, -0.2) is 23.0 Å². The molecule has 0 atom stereocenters. The van der Waals surface area contributed by atoms with E-state index in [0.29, 0.717) is 24.6 Å². The van der Waals surface area contributed by atoms with Gasteiger partial charge in [-0.2, -0.15) is 0 Å². The van der Waals surface area contributed by atoms with Gasteiger partial charge in [0.15, 0.2) is 11.7 Å². The smallest absolute Gasteiger partial charge is 0.161 e. The first-order chi connectivity index (χ1) is 34.9. The van der Waals surface area contributed by atoms with E-state index >= 15 is 0 Å². The first kappa shape index (κ1) is 48.1. The molecule has 1 aliphatic carbocycles. The molecule has 2 aromatic heterocycles. The molecule has 10 rings (SSSR count). The molecule has 0 bridgehead atoms. The number of fused-ring (bicyclic) bond motifs is 7. The predicted octanol–water partition coefficient (Wildman–Crippen LogP) is 17.2. The summed E-state index contributed by atoms with van der Waals surface area (Å²) in [5.41, 5.74) is 18.1. The highest BCUT2D eigenvalue weighted by Gasteiger charge is 2.21. The lowest BCUT2D eigenvalue weighted by molar-refractivity contribution is 0.912. The molecular formula is C66H60N4S. The van der Waals surface area contributed by atoms with Crippen molar-refractivity contribution in [2.45, 2.75) is 59.4 Å². The van der Waals surface area contributed by atoms with E-state index < -0.39 is 0 Å².